The number of hydrogen-bond acceptors (Lipinski definition) is 0. The molecule has 0 aromatic carbocycles. The van der Waals surface area contributed by atoms with Gasteiger partial charge >= 0.3 is 0 Å². The van der Waals surface area contributed by atoms with E-state index in [0.717, 1.165) is 11.3 Å². The Morgan fingerprint density at radius 1 is 1.23 bits per heavy atom. The van der Waals surface area contributed by atoms with Gasteiger partial charge in [-0.1, -0.05) is 20.8 Å². The highest BCUT2D eigenvalue weighted by atomic mass is 14.5. The molecule has 2 fully saturated rings. The maximum Gasteiger partial charge on any atom is -0.0323 e. The molecular weight excluding hydrogens is 156 g/mol. The van der Waals surface area contributed by atoms with Crippen molar-refractivity contribution in [1.29, 1.82) is 0 Å². The first kappa shape index (κ1) is 9.55. The molecule has 75 valence electrons. The summed E-state index contributed by atoms with van der Waals surface area (Å²) >= 11 is 0. The third kappa shape index (κ3) is 2.48. The van der Waals surface area contributed by atoms with Crippen molar-refractivity contribution in [3.63, 3.8) is 0 Å². The second-order valence-corrected chi connectivity index (χ2v) is 6.26. The predicted octanol–water partition coefficient (Wildman–Crippen LogP) is 4.21. The molecular formula is C13H23. The van der Waals surface area contributed by atoms with E-state index >= 15 is 0 Å². The van der Waals surface area contributed by atoms with Crippen LogP contribution in [-0.2, 0) is 0 Å². The van der Waals surface area contributed by atoms with Crippen molar-refractivity contribution in [3.05, 3.63) is 6.42 Å². The maximum absolute atomic E-state index is 2.54. The molecule has 0 heteroatoms. The number of hydrogen-bond donors (Lipinski definition) is 0. The van der Waals surface area contributed by atoms with Crippen LogP contribution in [0.5, 0.6) is 0 Å². The smallest absolute Gasteiger partial charge is 0.0323 e. The summed E-state index contributed by atoms with van der Waals surface area (Å²) in [5.74, 6) is 1.01. The Labute approximate surface area is 83.1 Å². The predicted molar refractivity (Wildman–Crippen MR) is 57.4 cm³/mol. The maximum atomic E-state index is 2.54. The summed E-state index contributed by atoms with van der Waals surface area (Å²) in [7, 11) is 0. The van der Waals surface area contributed by atoms with Gasteiger partial charge < -0.3 is 0 Å². The Morgan fingerprint density at radius 3 is 2.31 bits per heavy atom. The van der Waals surface area contributed by atoms with Crippen LogP contribution in [0.3, 0.4) is 0 Å². The minimum absolute atomic E-state index is 0.681. The minimum atomic E-state index is 0.681. The molecule has 0 N–H and O–H groups in total. The summed E-state index contributed by atoms with van der Waals surface area (Å²) in [6.07, 6.45) is 11.2. The highest BCUT2D eigenvalue weighted by Gasteiger charge is 2.44. The van der Waals surface area contributed by atoms with E-state index in [1.807, 2.05) is 0 Å². The molecule has 2 saturated carbocycles. The monoisotopic (exact) mass is 179 g/mol. The lowest BCUT2D eigenvalue weighted by atomic mass is 9.98. The Balaban J connectivity index is 1.51. The highest BCUT2D eigenvalue weighted by Crippen LogP contribution is 2.54. The van der Waals surface area contributed by atoms with E-state index in [0.29, 0.717) is 5.41 Å². The molecule has 13 heavy (non-hydrogen) atoms. The summed E-state index contributed by atoms with van der Waals surface area (Å²) in [4.78, 5) is 0. The topological polar surface area (TPSA) is 0 Å². The van der Waals surface area contributed by atoms with Gasteiger partial charge in [-0.3, -0.25) is 0 Å². The molecule has 0 heterocycles. The first-order chi connectivity index (χ1) is 6.02. The first-order valence-corrected chi connectivity index (χ1v) is 5.84. The molecule has 1 unspecified atom stereocenters. The molecule has 2 aliphatic carbocycles. The Hall–Kier alpha value is 0. The van der Waals surface area contributed by atoms with Crippen LogP contribution in [-0.4, -0.2) is 0 Å². The van der Waals surface area contributed by atoms with Crippen molar-refractivity contribution < 1.29 is 0 Å². The van der Waals surface area contributed by atoms with E-state index in [9.17, 15) is 0 Å². The standard InChI is InChI=1S/C13H23/c1-12(2)10-11(12)6-4-5-7-13(3)8-9-13/h4,11H,5-10H2,1-3H3. The van der Waals surface area contributed by atoms with Crippen LogP contribution in [0.25, 0.3) is 0 Å². The molecule has 0 spiro atoms. The van der Waals surface area contributed by atoms with Crippen molar-refractivity contribution in [3.8, 4) is 0 Å². The van der Waals surface area contributed by atoms with Gasteiger partial charge in [0.2, 0.25) is 0 Å². The van der Waals surface area contributed by atoms with Gasteiger partial charge in [0.25, 0.3) is 0 Å². The van der Waals surface area contributed by atoms with Gasteiger partial charge in [-0.25, -0.2) is 0 Å². The van der Waals surface area contributed by atoms with Gasteiger partial charge in [0, 0.05) is 0 Å². The fourth-order valence-electron chi connectivity index (χ4n) is 2.21. The van der Waals surface area contributed by atoms with Gasteiger partial charge in [-0.05, 0) is 61.7 Å². The van der Waals surface area contributed by atoms with Gasteiger partial charge in [0.15, 0.2) is 0 Å². The summed E-state index contributed by atoms with van der Waals surface area (Å²) in [6, 6.07) is 0. The van der Waals surface area contributed by atoms with Crippen LogP contribution >= 0.6 is 0 Å². The molecule has 0 nitrogen and oxygen atoms in total. The van der Waals surface area contributed by atoms with Crippen LogP contribution in [0.4, 0.5) is 0 Å². The third-order valence-electron chi connectivity index (χ3n) is 4.22. The molecule has 2 rings (SSSR count). The molecule has 0 aromatic rings. The Morgan fingerprint density at radius 2 is 1.85 bits per heavy atom. The largest absolute Gasteiger partial charge is 0.0596 e. The quantitative estimate of drug-likeness (QED) is 0.555. The van der Waals surface area contributed by atoms with Crippen LogP contribution in [0.15, 0.2) is 0 Å². The summed E-state index contributed by atoms with van der Waals surface area (Å²) < 4.78 is 0. The summed E-state index contributed by atoms with van der Waals surface area (Å²) in [5.41, 5.74) is 1.44. The average Bonchev–Trinajstić information content (AvgIpc) is 2.88. The third-order valence-corrected chi connectivity index (χ3v) is 4.22. The van der Waals surface area contributed by atoms with Crippen LogP contribution in [0.2, 0.25) is 0 Å². The van der Waals surface area contributed by atoms with Gasteiger partial charge in [-0.2, -0.15) is 0 Å². The van der Waals surface area contributed by atoms with E-state index in [-0.39, 0.29) is 0 Å². The van der Waals surface area contributed by atoms with Crippen LogP contribution in [0, 0.1) is 23.2 Å². The molecule has 2 aliphatic rings. The average molecular weight is 179 g/mol. The first-order valence-electron chi connectivity index (χ1n) is 5.84. The van der Waals surface area contributed by atoms with Gasteiger partial charge in [0.1, 0.15) is 0 Å². The fourth-order valence-corrected chi connectivity index (χ4v) is 2.21. The van der Waals surface area contributed by atoms with E-state index < -0.39 is 0 Å². The Kier molecular flexibility index (Phi) is 2.20. The lowest BCUT2D eigenvalue weighted by Crippen LogP contribution is -1.95. The molecule has 1 atom stereocenters. The van der Waals surface area contributed by atoms with Crippen molar-refractivity contribution >= 4 is 0 Å². The van der Waals surface area contributed by atoms with E-state index in [2.05, 4.69) is 27.2 Å². The van der Waals surface area contributed by atoms with Crippen LogP contribution in [0.1, 0.15) is 59.3 Å². The van der Waals surface area contributed by atoms with Crippen LogP contribution < -0.4 is 0 Å². The van der Waals surface area contributed by atoms with E-state index in [1.54, 1.807) is 0 Å². The molecule has 0 aliphatic heterocycles. The zero-order chi connectivity index (χ0) is 9.53. The van der Waals surface area contributed by atoms with Crippen molar-refractivity contribution in [1.82, 2.24) is 0 Å². The number of unbranched alkanes of at least 4 members (excludes halogenated alkanes) is 1. The molecule has 1 radical (unpaired) electrons. The van der Waals surface area contributed by atoms with Crippen molar-refractivity contribution in [2.45, 2.75) is 59.3 Å². The second-order valence-electron chi connectivity index (χ2n) is 6.26. The number of rotatable bonds is 5. The molecule has 0 aromatic heterocycles. The lowest BCUT2D eigenvalue weighted by Gasteiger charge is -2.07. The molecule has 0 amide bonds. The minimum Gasteiger partial charge on any atom is -0.0596 e. The van der Waals surface area contributed by atoms with E-state index in [1.165, 1.54) is 38.5 Å². The highest BCUT2D eigenvalue weighted by molar-refractivity contribution is 4.98. The van der Waals surface area contributed by atoms with Gasteiger partial charge in [-0.15, -0.1) is 0 Å². The van der Waals surface area contributed by atoms with E-state index in [4.69, 9.17) is 0 Å². The van der Waals surface area contributed by atoms with Crippen molar-refractivity contribution in [2.75, 3.05) is 0 Å². The van der Waals surface area contributed by atoms with Gasteiger partial charge in [0.05, 0.1) is 0 Å². The summed E-state index contributed by atoms with van der Waals surface area (Å²) in [5, 5.41) is 0. The molecule has 0 bridgehead atoms. The lowest BCUT2D eigenvalue weighted by molar-refractivity contribution is 0.495. The fraction of sp³-hybridized carbons (Fsp3) is 0.923. The Bertz CT molecular complexity index is 186. The SMILES string of the molecule is CC1(CC[CH]CC2CC2(C)C)CC1. The summed E-state index contributed by atoms with van der Waals surface area (Å²) in [6.45, 7) is 7.23. The zero-order valence-electron chi connectivity index (χ0n) is 9.40. The molecule has 0 saturated heterocycles. The van der Waals surface area contributed by atoms with Crippen molar-refractivity contribution in [2.24, 2.45) is 16.7 Å². The normalized spacial score (nSPS) is 33.0. The second kappa shape index (κ2) is 3.00. The zero-order valence-corrected chi connectivity index (χ0v) is 9.40.